The van der Waals surface area contributed by atoms with E-state index in [2.05, 4.69) is 10.3 Å². The minimum atomic E-state index is -0.241. The van der Waals surface area contributed by atoms with Gasteiger partial charge < -0.3 is 15.2 Å². The summed E-state index contributed by atoms with van der Waals surface area (Å²) in [5.74, 6) is -0.241. The van der Waals surface area contributed by atoms with Crippen LogP contribution in [0, 0.1) is 0 Å². The lowest BCUT2D eigenvalue weighted by Gasteiger charge is -2.03. The van der Waals surface area contributed by atoms with E-state index in [4.69, 9.17) is 9.84 Å². The molecule has 2 rings (SSSR count). The van der Waals surface area contributed by atoms with Crippen molar-refractivity contribution in [2.45, 2.75) is 18.9 Å². The molecule has 0 saturated carbocycles. The molecule has 2 heterocycles. The highest BCUT2D eigenvalue weighted by atomic mass is 32.1. The van der Waals surface area contributed by atoms with Crippen LogP contribution >= 0.6 is 11.3 Å². The fourth-order valence-electron chi connectivity index (χ4n) is 1.57. The molecule has 1 fully saturated rings. The van der Waals surface area contributed by atoms with Crippen molar-refractivity contribution in [1.82, 2.24) is 10.3 Å². The highest BCUT2D eigenvalue weighted by Gasteiger charge is 2.22. The van der Waals surface area contributed by atoms with E-state index in [1.165, 1.54) is 11.3 Å². The Bertz CT molecular complexity index is 361. The minimum Gasteiger partial charge on any atom is -0.395 e. The Balaban J connectivity index is 1.98. The number of aromatic nitrogens is 1. The Morgan fingerprint density at radius 3 is 3.31 bits per heavy atom. The average molecular weight is 242 g/mol. The quantitative estimate of drug-likeness (QED) is 0.816. The number of thiazole rings is 1. The largest absolute Gasteiger partial charge is 0.395 e. The van der Waals surface area contributed by atoms with Crippen molar-refractivity contribution in [1.29, 1.82) is 0 Å². The third-order valence-corrected chi connectivity index (χ3v) is 3.29. The Morgan fingerprint density at radius 1 is 1.75 bits per heavy atom. The predicted molar refractivity (Wildman–Crippen MR) is 59.5 cm³/mol. The lowest BCUT2D eigenvalue weighted by molar-refractivity contribution is 0.0937. The summed E-state index contributed by atoms with van der Waals surface area (Å²) >= 11 is 1.45. The molecule has 0 aliphatic carbocycles. The van der Waals surface area contributed by atoms with Crippen molar-refractivity contribution >= 4 is 17.2 Å². The fraction of sp³-hybridized carbons (Fsp3) is 0.600. The number of hydrogen-bond donors (Lipinski definition) is 2. The molecule has 0 radical (unpaired) electrons. The zero-order chi connectivity index (χ0) is 11.4. The van der Waals surface area contributed by atoms with Crippen LogP contribution in [0.1, 0.15) is 34.4 Å². The maximum atomic E-state index is 11.5. The summed E-state index contributed by atoms with van der Waals surface area (Å²) in [5, 5.41) is 13.7. The third kappa shape index (κ3) is 2.58. The van der Waals surface area contributed by atoms with E-state index in [9.17, 15) is 4.79 Å². The smallest absolute Gasteiger partial charge is 0.270 e. The molecule has 0 aromatic carbocycles. The molecule has 1 aliphatic heterocycles. The first-order valence-electron chi connectivity index (χ1n) is 5.27. The number of carbonyl (C=O) groups is 1. The van der Waals surface area contributed by atoms with Gasteiger partial charge in [-0.1, -0.05) is 0 Å². The van der Waals surface area contributed by atoms with Gasteiger partial charge in [0.05, 0.1) is 6.61 Å². The predicted octanol–water partition coefficient (Wildman–Crippen LogP) is 0.717. The molecule has 1 atom stereocenters. The average Bonchev–Trinajstić information content (AvgIpc) is 2.94. The number of ether oxygens (including phenoxy) is 1. The van der Waals surface area contributed by atoms with E-state index in [0.717, 1.165) is 24.5 Å². The minimum absolute atomic E-state index is 0.0596. The Morgan fingerprint density at radius 2 is 2.62 bits per heavy atom. The topological polar surface area (TPSA) is 71.5 Å². The number of aliphatic hydroxyl groups excluding tert-OH is 1. The highest BCUT2D eigenvalue weighted by molar-refractivity contribution is 7.09. The van der Waals surface area contributed by atoms with Crippen LogP contribution in [0.25, 0.3) is 0 Å². The standard InChI is InChI=1S/C10H14N2O3S/c13-4-3-11-9(14)7-6-16-10(12-7)8-2-1-5-15-8/h6,8,13H,1-5H2,(H,11,14). The monoisotopic (exact) mass is 242 g/mol. The molecule has 6 heteroatoms. The number of amides is 1. The van der Waals surface area contributed by atoms with E-state index in [-0.39, 0.29) is 25.2 Å². The van der Waals surface area contributed by atoms with Crippen LogP contribution in [-0.4, -0.2) is 35.8 Å². The number of aliphatic hydroxyl groups is 1. The summed E-state index contributed by atoms with van der Waals surface area (Å²) < 4.78 is 5.49. The molecule has 0 spiro atoms. The Kier molecular flexibility index (Phi) is 3.87. The summed E-state index contributed by atoms with van der Waals surface area (Å²) in [6, 6.07) is 0. The van der Waals surface area contributed by atoms with Gasteiger partial charge in [-0.15, -0.1) is 11.3 Å². The molecule has 1 unspecified atom stereocenters. The van der Waals surface area contributed by atoms with Gasteiger partial charge in [-0.25, -0.2) is 4.98 Å². The number of nitrogens with zero attached hydrogens (tertiary/aromatic N) is 1. The molecule has 2 N–H and O–H groups in total. The second kappa shape index (κ2) is 5.38. The SMILES string of the molecule is O=C(NCCO)c1csc(C2CCCO2)n1. The summed E-state index contributed by atoms with van der Waals surface area (Å²) in [6.45, 7) is 0.969. The molecular formula is C10H14N2O3S. The van der Waals surface area contributed by atoms with Crippen LogP contribution in [0.5, 0.6) is 0 Å². The molecule has 1 aliphatic rings. The first-order chi connectivity index (χ1) is 7.81. The van der Waals surface area contributed by atoms with Crippen molar-refractivity contribution < 1.29 is 14.6 Å². The van der Waals surface area contributed by atoms with Crippen LogP contribution < -0.4 is 5.32 Å². The van der Waals surface area contributed by atoms with Crippen molar-refractivity contribution in [3.63, 3.8) is 0 Å². The van der Waals surface area contributed by atoms with Gasteiger partial charge in [0, 0.05) is 18.5 Å². The molecule has 1 aromatic heterocycles. The third-order valence-electron chi connectivity index (χ3n) is 2.36. The maximum Gasteiger partial charge on any atom is 0.270 e. The normalized spacial score (nSPS) is 19.9. The van der Waals surface area contributed by atoms with Gasteiger partial charge in [0.1, 0.15) is 16.8 Å². The highest BCUT2D eigenvalue weighted by Crippen LogP contribution is 2.30. The van der Waals surface area contributed by atoms with Crippen LogP contribution in [0.4, 0.5) is 0 Å². The second-order valence-electron chi connectivity index (χ2n) is 3.55. The summed E-state index contributed by atoms with van der Waals surface area (Å²) in [4.78, 5) is 15.8. The molecule has 88 valence electrons. The van der Waals surface area contributed by atoms with E-state index < -0.39 is 0 Å². The molecular weight excluding hydrogens is 228 g/mol. The van der Waals surface area contributed by atoms with Crippen molar-refractivity contribution in [3.05, 3.63) is 16.1 Å². The fourth-order valence-corrected chi connectivity index (χ4v) is 2.45. The number of hydrogen-bond acceptors (Lipinski definition) is 5. The summed E-state index contributed by atoms with van der Waals surface area (Å²) in [5.41, 5.74) is 0.406. The van der Waals surface area contributed by atoms with Gasteiger partial charge in [-0.3, -0.25) is 4.79 Å². The molecule has 1 saturated heterocycles. The first kappa shape index (κ1) is 11.5. The van der Waals surface area contributed by atoms with Gasteiger partial charge in [-0.2, -0.15) is 0 Å². The van der Waals surface area contributed by atoms with E-state index in [1.54, 1.807) is 5.38 Å². The van der Waals surface area contributed by atoms with E-state index in [1.807, 2.05) is 0 Å². The van der Waals surface area contributed by atoms with Crippen molar-refractivity contribution in [3.8, 4) is 0 Å². The lowest BCUT2D eigenvalue weighted by Crippen LogP contribution is -2.26. The molecule has 0 bridgehead atoms. The van der Waals surface area contributed by atoms with Crippen LogP contribution in [0.2, 0.25) is 0 Å². The maximum absolute atomic E-state index is 11.5. The van der Waals surface area contributed by atoms with Crippen LogP contribution in [-0.2, 0) is 4.74 Å². The number of carbonyl (C=O) groups excluding carboxylic acids is 1. The van der Waals surface area contributed by atoms with E-state index >= 15 is 0 Å². The zero-order valence-electron chi connectivity index (χ0n) is 8.81. The van der Waals surface area contributed by atoms with E-state index in [0.29, 0.717) is 5.69 Å². The molecule has 16 heavy (non-hydrogen) atoms. The molecule has 1 amide bonds. The van der Waals surface area contributed by atoms with Crippen molar-refractivity contribution in [2.75, 3.05) is 19.8 Å². The van der Waals surface area contributed by atoms with Crippen LogP contribution in [0.15, 0.2) is 5.38 Å². The molecule has 5 nitrogen and oxygen atoms in total. The van der Waals surface area contributed by atoms with Gasteiger partial charge in [0.2, 0.25) is 0 Å². The second-order valence-corrected chi connectivity index (χ2v) is 4.44. The van der Waals surface area contributed by atoms with Gasteiger partial charge >= 0.3 is 0 Å². The van der Waals surface area contributed by atoms with Crippen LogP contribution in [0.3, 0.4) is 0 Å². The number of nitrogens with one attached hydrogen (secondary N) is 1. The van der Waals surface area contributed by atoms with Crippen molar-refractivity contribution in [2.24, 2.45) is 0 Å². The summed E-state index contributed by atoms with van der Waals surface area (Å²) in [7, 11) is 0. The van der Waals surface area contributed by atoms with Gasteiger partial charge in [-0.05, 0) is 12.8 Å². The van der Waals surface area contributed by atoms with Gasteiger partial charge in [0.15, 0.2) is 0 Å². The molecule has 1 aromatic rings. The number of rotatable bonds is 4. The Labute approximate surface area is 97.5 Å². The Hall–Kier alpha value is -0.980. The summed E-state index contributed by atoms with van der Waals surface area (Å²) in [6.07, 6.45) is 2.09. The zero-order valence-corrected chi connectivity index (χ0v) is 9.63. The first-order valence-corrected chi connectivity index (χ1v) is 6.15. The lowest BCUT2D eigenvalue weighted by atomic mass is 10.2. The van der Waals surface area contributed by atoms with Gasteiger partial charge in [0.25, 0.3) is 5.91 Å².